The van der Waals surface area contributed by atoms with Crippen molar-refractivity contribution in [1.82, 2.24) is 0 Å². The van der Waals surface area contributed by atoms with Gasteiger partial charge >= 0.3 is 0 Å². The summed E-state index contributed by atoms with van der Waals surface area (Å²) >= 11 is 0. The molecule has 110 valence electrons. The van der Waals surface area contributed by atoms with Gasteiger partial charge in [0.25, 0.3) is 5.91 Å². The molecule has 1 amide bonds. The summed E-state index contributed by atoms with van der Waals surface area (Å²) in [7, 11) is 3.16. The molecule has 1 aliphatic heterocycles. The van der Waals surface area contributed by atoms with Gasteiger partial charge in [0.1, 0.15) is 18.0 Å². The van der Waals surface area contributed by atoms with Crippen LogP contribution in [-0.4, -0.2) is 45.4 Å². The first-order chi connectivity index (χ1) is 9.47. The highest BCUT2D eigenvalue weighted by molar-refractivity contribution is 5.99. The van der Waals surface area contributed by atoms with Crippen LogP contribution in [-0.2, 0) is 9.47 Å². The molecule has 2 unspecified atom stereocenters. The van der Waals surface area contributed by atoms with Crippen LogP contribution < -0.4 is 16.4 Å². The zero-order chi connectivity index (χ0) is 14.9. The van der Waals surface area contributed by atoms with E-state index in [0.717, 1.165) is 6.07 Å². The highest BCUT2D eigenvalue weighted by Crippen LogP contribution is 2.29. The first-order valence-corrected chi connectivity index (χ1v) is 6.17. The van der Waals surface area contributed by atoms with Gasteiger partial charge in [-0.1, -0.05) is 0 Å². The van der Waals surface area contributed by atoms with E-state index in [4.69, 9.17) is 20.9 Å². The number of rotatable bonds is 4. The second kappa shape index (κ2) is 5.64. The first-order valence-electron chi connectivity index (χ1n) is 6.17. The van der Waals surface area contributed by atoms with Crippen molar-refractivity contribution >= 4 is 17.3 Å². The molecule has 2 atom stereocenters. The third kappa shape index (κ3) is 2.54. The molecule has 1 aromatic rings. The Labute approximate surface area is 116 Å². The van der Waals surface area contributed by atoms with Gasteiger partial charge in [0, 0.05) is 33.0 Å². The molecule has 1 fully saturated rings. The van der Waals surface area contributed by atoms with Crippen molar-refractivity contribution in [3.63, 3.8) is 0 Å². The summed E-state index contributed by atoms with van der Waals surface area (Å²) < 4.78 is 24.7. The number of hydrogen-bond acceptors (Lipinski definition) is 5. The topological polar surface area (TPSA) is 90.8 Å². The third-order valence-corrected chi connectivity index (χ3v) is 3.55. The Morgan fingerprint density at radius 2 is 1.85 bits per heavy atom. The standard InChI is InChI=1S/C13H18FN3O3/c1-19-11-5-17(6-12(11)20-2)10-3-7(13(16)18)9(15)4-8(10)14/h3-4,11-12H,5-6,15H2,1-2H3,(H2,16,18). The number of primary amides is 1. The minimum absolute atomic E-state index is 0.0320. The Bertz CT molecular complexity index is 512. The van der Waals surface area contributed by atoms with E-state index in [-0.39, 0.29) is 29.1 Å². The minimum atomic E-state index is -0.686. The lowest BCUT2D eigenvalue weighted by Crippen LogP contribution is -2.27. The number of methoxy groups -OCH3 is 2. The molecule has 1 aliphatic rings. The quantitative estimate of drug-likeness (QED) is 0.778. The average molecular weight is 283 g/mol. The van der Waals surface area contributed by atoms with Crippen LogP contribution in [0.1, 0.15) is 10.4 Å². The van der Waals surface area contributed by atoms with Crippen LogP contribution in [0.4, 0.5) is 15.8 Å². The number of anilines is 2. The monoisotopic (exact) mass is 283 g/mol. The predicted octanol–water partition coefficient (Wildman–Crippen LogP) is 0.357. The molecule has 0 bridgehead atoms. The van der Waals surface area contributed by atoms with E-state index < -0.39 is 11.7 Å². The Hall–Kier alpha value is -1.86. The number of nitrogens with zero attached hydrogens (tertiary/aromatic N) is 1. The summed E-state index contributed by atoms with van der Waals surface area (Å²) in [6, 6.07) is 2.48. The van der Waals surface area contributed by atoms with Gasteiger partial charge in [-0.05, 0) is 12.1 Å². The van der Waals surface area contributed by atoms with Gasteiger partial charge in [0.05, 0.1) is 11.3 Å². The molecule has 4 N–H and O–H groups in total. The molecule has 0 spiro atoms. The number of ether oxygens (including phenoxy) is 2. The van der Waals surface area contributed by atoms with Crippen LogP contribution in [0.2, 0.25) is 0 Å². The zero-order valence-corrected chi connectivity index (χ0v) is 11.4. The lowest BCUT2D eigenvalue weighted by atomic mass is 10.1. The van der Waals surface area contributed by atoms with E-state index in [9.17, 15) is 9.18 Å². The molecule has 1 saturated heterocycles. The van der Waals surface area contributed by atoms with Gasteiger partial charge in [-0.15, -0.1) is 0 Å². The summed E-state index contributed by atoms with van der Waals surface area (Å²) in [5, 5.41) is 0. The zero-order valence-electron chi connectivity index (χ0n) is 11.4. The van der Waals surface area contributed by atoms with Crippen molar-refractivity contribution in [3.8, 4) is 0 Å². The van der Waals surface area contributed by atoms with Gasteiger partial charge in [-0.2, -0.15) is 0 Å². The highest BCUT2D eigenvalue weighted by atomic mass is 19.1. The number of halogens is 1. The van der Waals surface area contributed by atoms with E-state index in [1.165, 1.54) is 6.07 Å². The van der Waals surface area contributed by atoms with Crippen LogP contribution in [0.15, 0.2) is 12.1 Å². The fourth-order valence-corrected chi connectivity index (χ4v) is 2.43. The molecule has 6 nitrogen and oxygen atoms in total. The molecule has 2 rings (SSSR count). The Morgan fingerprint density at radius 1 is 1.30 bits per heavy atom. The number of benzene rings is 1. The number of carbonyl (C=O) groups is 1. The van der Waals surface area contributed by atoms with Gasteiger partial charge in [0.15, 0.2) is 0 Å². The Morgan fingerprint density at radius 3 is 2.30 bits per heavy atom. The molecule has 0 radical (unpaired) electrons. The number of nitrogens with two attached hydrogens (primary N) is 2. The van der Waals surface area contributed by atoms with Crippen LogP contribution in [0, 0.1) is 5.82 Å². The fourth-order valence-electron chi connectivity index (χ4n) is 2.43. The fraction of sp³-hybridized carbons (Fsp3) is 0.462. The predicted molar refractivity (Wildman–Crippen MR) is 73.1 cm³/mol. The maximum Gasteiger partial charge on any atom is 0.250 e. The molecular weight excluding hydrogens is 265 g/mol. The lowest BCUT2D eigenvalue weighted by molar-refractivity contribution is -0.00461. The van der Waals surface area contributed by atoms with Crippen molar-refractivity contribution < 1.29 is 18.7 Å². The SMILES string of the molecule is COC1CN(c2cc(C(N)=O)c(N)cc2F)CC1OC. The largest absolute Gasteiger partial charge is 0.398 e. The van der Waals surface area contributed by atoms with Crippen LogP contribution >= 0.6 is 0 Å². The average Bonchev–Trinajstić information content (AvgIpc) is 2.81. The van der Waals surface area contributed by atoms with E-state index in [1.54, 1.807) is 19.1 Å². The summed E-state index contributed by atoms with van der Waals surface area (Å²) in [5.74, 6) is -1.19. The summed E-state index contributed by atoms with van der Waals surface area (Å²) in [4.78, 5) is 13.0. The number of nitrogen functional groups attached to an aromatic ring is 1. The van der Waals surface area contributed by atoms with Crippen molar-refractivity contribution in [2.24, 2.45) is 5.73 Å². The van der Waals surface area contributed by atoms with E-state index >= 15 is 0 Å². The molecule has 0 aliphatic carbocycles. The number of carbonyl (C=O) groups excluding carboxylic acids is 1. The van der Waals surface area contributed by atoms with Crippen LogP contribution in [0.5, 0.6) is 0 Å². The van der Waals surface area contributed by atoms with Crippen molar-refractivity contribution in [2.75, 3.05) is 37.9 Å². The third-order valence-electron chi connectivity index (χ3n) is 3.55. The minimum Gasteiger partial charge on any atom is -0.398 e. The molecule has 20 heavy (non-hydrogen) atoms. The lowest BCUT2D eigenvalue weighted by Gasteiger charge is -2.20. The van der Waals surface area contributed by atoms with Crippen LogP contribution in [0.3, 0.4) is 0 Å². The normalized spacial score (nSPS) is 22.2. The Balaban J connectivity index is 2.34. The van der Waals surface area contributed by atoms with Crippen molar-refractivity contribution in [3.05, 3.63) is 23.5 Å². The summed E-state index contributed by atoms with van der Waals surface area (Å²) in [5.41, 5.74) is 11.2. The second-order valence-corrected chi connectivity index (χ2v) is 4.71. The molecule has 1 aromatic carbocycles. The van der Waals surface area contributed by atoms with E-state index in [2.05, 4.69) is 0 Å². The first kappa shape index (κ1) is 14.5. The van der Waals surface area contributed by atoms with Gasteiger partial charge in [-0.3, -0.25) is 4.79 Å². The molecule has 7 heteroatoms. The number of hydrogen-bond donors (Lipinski definition) is 2. The summed E-state index contributed by atoms with van der Waals surface area (Å²) in [6.45, 7) is 0.933. The second-order valence-electron chi connectivity index (χ2n) is 4.71. The molecule has 1 heterocycles. The Kier molecular flexibility index (Phi) is 4.10. The van der Waals surface area contributed by atoms with Gasteiger partial charge in [0.2, 0.25) is 0 Å². The summed E-state index contributed by atoms with van der Waals surface area (Å²) in [6.07, 6.45) is -0.317. The van der Waals surface area contributed by atoms with Gasteiger partial charge < -0.3 is 25.8 Å². The smallest absolute Gasteiger partial charge is 0.250 e. The molecular formula is C13H18FN3O3. The van der Waals surface area contributed by atoms with E-state index in [0.29, 0.717) is 13.1 Å². The highest BCUT2D eigenvalue weighted by Gasteiger charge is 2.34. The molecule has 0 saturated carbocycles. The number of amides is 1. The molecule has 0 aromatic heterocycles. The maximum atomic E-state index is 14.1. The van der Waals surface area contributed by atoms with E-state index in [1.807, 2.05) is 0 Å². The maximum absolute atomic E-state index is 14.1. The van der Waals surface area contributed by atoms with Crippen molar-refractivity contribution in [2.45, 2.75) is 12.2 Å². The van der Waals surface area contributed by atoms with Crippen molar-refractivity contribution in [1.29, 1.82) is 0 Å². The van der Waals surface area contributed by atoms with Crippen LogP contribution in [0.25, 0.3) is 0 Å². The van der Waals surface area contributed by atoms with Gasteiger partial charge in [-0.25, -0.2) is 4.39 Å².